The van der Waals surface area contributed by atoms with Crippen LogP contribution in [-0.2, 0) is 14.3 Å². The molecule has 104 valence electrons. The van der Waals surface area contributed by atoms with Gasteiger partial charge in [0, 0.05) is 19.2 Å². The number of ether oxygens (including phenoxy) is 1. The summed E-state index contributed by atoms with van der Waals surface area (Å²) >= 11 is 0. The van der Waals surface area contributed by atoms with E-state index in [0.717, 1.165) is 5.69 Å². The fourth-order valence-electron chi connectivity index (χ4n) is 1.61. The van der Waals surface area contributed by atoms with E-state index in [1.807, 2.05) is 0 Å². The Morgan fingerprint density at radius 2 is 1.84 bits per heavy atom. The number of anilines is 1. The topological polar surface area (TPSA) is 46.6 Å². The second-order valence-corrected chi connectivity index (χ2v) is 4.18. The lowest BCUT2D eigenvalue weighted by atomic mass is 10.2. The van der Waals surface area contributed by atoms with Crippen LogP contribution in [0.1, 0.15) is 19.8 Å². The molecule has 0 aliphatic carbocycles. The van der Waals surface area contributed by atoms with Crippen molar-refractivity contribution in [2.45, 2.75) is 19.8 Å². The van der Waals surface area contributed by atoms with Crippen molar-refractivity contribution in [2.75, 3.05) is 25.1 Å². The van der Waals surface area contributed by atoms with Crippen LogP contribution in [0.2, 0.25) is 0 Å². The molecule has 0 radical (unpaired) electrons. The highest BCUT2D eigenvalue weighted by Gasteiger charge is 2.10. The zero-order valence-electron chi connectivity index (χ0n) is 11.2. The minimum absolute atomic E-state index is 0.0557. The number of Topliss-reactive ketones (excluding diaryl/α,β-unsaturated/α-hetero) is 1. The molecule has 5 heteroatoms. The SMILES string of the molecule is CCOC(=O)CCC(=O)CN(C)c1ccc(F)cc1. The highest BCUT2D eigenvalue weighted by atomic mass is 19.1. The van der Waals surface area contributed by atoms with Crippen LogP contribution in [0.4, 0.5) is 10.1 Å². The third-order valence-corrected chi connectivity index (χ3v) is 2.59. The first kappa shape index (κ1) is 15.1. The van der Waals surface area contributed by atoms with Gasteiger partial charge in [0.05, 0.1) is 19.6 Å². The molecule has 0 saturated heterocycles. The molecule has 0 aliphatic heterocycles. The van der Waals surface area contributed by atoms with Gasteiger partial charge in [-0.3, -0.25) is 9.59 Å². The molecule has 0 saturated carbocycles. The van der Waals surface area contributed by atoms with Crippen molar-refractivity contribution >= 4 is 17.4 Å². The van der Waals surface area contributed by atoms with Gasteiger partial charge in [-0.1, -0.05) is 0 Å². The Kier molecular flexibility index (Phi) is 5.99. The van der Waals surface area contributed by atoms with Crippen LogP contribution in [0.5, 0.6) is 0 Å². The fraction of sp³-hybridized carbons (Fsp3) is 0.429. The van der Waals surface area contributed by atoms with E-state index in [1.165, 1.54) is 12.1 Å². The summed E-state index contributed by atoms with van der Waals surface area (Å²) in [7, 11) is 1.75. The van der Waals surface area contributed by atoms with Crippen LogP contribution in [0.25, 0.3) is 0 Å². The van der Waals surface area contributed by atoms with Crippen molar-refractivity contribution in [2.24, 2.45) is 0 Å². The number of esters is 1. The molecule has 0 aliphatic rings. The predicted molar refractivity (Wildman–Crippen MR) is 70.5 cm³/mol. The molecule has 0 fully saturated rings. The summed E-state index contributed by atoms with van der Waals surface area (Å²) in [6.07, 6.45) is 0.258. The van der Waals surface area contributed by atoms with Crippen LogP contribution in [0.3, 0.4) is 0 Å². The van der Waals surface area contributed by atoms with Crippen molar-refractivity contribution < 1.29 is 18.7 Å². The average molecular weight is 267 g/mol. The molecule has 0 aromatic heterocycles. The van der Waals surface area contributed by atoms with Crippen molar-refractivity contribution in [3.63, 3.8) is 0 Å². The number of carbonyl (C=O) groups excluding carboxylic acids is 2. The van der Waals surface area contributed by atoms with Gasteiger partial charge in [-0.2, -0.15) is 0 Å². The Morgan fingerprint density at radius 1 is 1.21 bits per heavy atom. The lowest BCUT2D eigenvalue weighted by Gasteiger charge is -2.18. The maximum atomic E-state index is 12.8. The molecule has 1 rings (SSSR count). The summed E-state index contributed by atoms with van der Waals surface area (Å²) in [5.41, 5.74) is 0.755. The summed E-state index contributed by atoms with van der Waals surface area (Å²) < 4.78 is 17.5. The van der Waals surface area contributed by atoms with Gasteiger partial charge in [0.1, 0.15) is 5.82 Å². The Hall–Kier alpha value is -1.91. The average Bonchev–Trinajstić information content (AvgIpc) is 2.37. The molecule has 19 heavy (non-hydrogen) atoms. The smallest absolute Gasteiger partial charge is 0.306 e. The number of likely N-dealkylation sites (N-methyl/N-ethyl adjacent to an activating group) is 1. The normalized spacial score (nSPS) is 10.1. The number of rotatable bonds is 7. The first-order valence-corrected chi connectivity index (χ1v) is 6.17. The summed E-state index contributed by atoms with van der Waals surface area (Å²) in [6.45, 7) is 2.23. The van der Waals surface area contributed by atoms with Gasteiger partial charge in [-0.05, 0) is 31.2 Å². The molecule has 0 unspecified atom stereocenters. The lowest BCUT2D eigenvalue weighted by Crippen LogP contribution is -2.26. The fourth-order valence-corrected chi connectivity index (χ4v) is 1.61. The van der Waals surface area contributed by atoms with E-state index < -0.39 is 0 Å². The maximum Gasteiger partial charge on any atom is 0.306 e. The standard InChI is InChI=1S/C14H18FNO3/c1-3-19-14(18)9-8-13(17)10-16(2)12-6-4-11(15)5-7-12/h4-7H,3,8-10H2,1-2H3. The Balaban J connectivity index is 2.39. The van der Waals surface area contributed by atoms with Crippen molar-refractivity contribution in [1.82, 2.24) is 0 Å². The minimum Gasteiger partial charge on any atom is -0.466 e. The molecule has 4 nitrogen and oxygen atoms in total. The minimum atomic E-state index is -0.361. The third kappa shape index (κ3) is 5.50. The molecular weight excluding hydrogens is 249 g/mol. The van der Waals surface area contributed by atoms with Crippen LogP contribution in [0, 0.1) is 5.82 Å². The lowest BCUT2D eigenvalue weighted by molar-refractivity contribution is -0.144. The zero-order valence-corrected chi connectivity index (χ0v) is 11.2. The van der Waals surface area contributed by atoms with E-state index in [-0.39, 0.29) is 37.0 Å². The number of benzene rings is 1. The highest BCUT2D eigenvalue weighted by Crippen LogP contribution is 2.13. The Bertz CT molecular complexity index is 431. The number of halogens is 1. The van der Waals surface area contributed by atoms with Gasteiger partial charge in [-0.25, -0.2) is 4.39 Å². The van der Waals surface area contributed by atoms with Crippen molar-refractivity contribution in [3.8, 4) is 0 Å². The quantitative estimate of drug-likeness (QED) is 0.710. The third-order valence-electron chi connectivity index (χ3n) is 2.59. The first-order valence-electron chi connectivity index (χ1n) is 6.17. The van der Waals surface area contributed by atoms with Gasteiger partial charge < -0.3 is 9.64 Å². The van der Waals surface area contributed by atoms with Crippen LogP contribution in [-0.4, -0.2) is 32.0 Å². The molecule has 0 N–H and O–H groups in total. The summed E-state index contributed by atoms with van der Waals surface area (Å²) in [4.78, 5) is 24.5. The van der Waals surface area contributed by atoms with E-state index >= 15 is 0 Å². The largest absolute Gasteiger partial charge is 0.466 e. The second kappa shape index (κ2) is 7.51. The monoisotopic (exact) mass is 267 g/mol. The Morgan fingerprint density at radius 3 is 2.42 bits per heavy atom. The van der Waals surface area contributed by atoms with Crippen LogP contribution >= 0.6 is 0 Å². The number of ketones is 1. The predicted octanol–water partition coefficient (Wildman–Crippen LogP) is 2.17. The van der Waals surface area contributed by atoms with E-state index in [4.69, 9.17) is 4.74 Å². The summed E-state index contributed by atoms with van der Waals surface area (Å²) in [5, 5.41) is 0. The number of hydrogen-bond acceptors (Lipinski definition) is 4. The van der Waals surface area contributed by atoms with Crippen molar-refractivity contribution in [1.29, 1.82) is 0 Å². The summed E-state index contributed by atoms with van der Waals surface area (Å²) in [5.74, 6) is -0.731. The summed E-state index contributed by atoms with van der Waals surface area (Å²) in [6, 6.07) is 5.89. The molecule has 0 heterocycles. The van der Waals surface area contributed by atoms with Crippen LogP contribution in [0.15, 0.2) is 24.3 Å². The molecular formula is C14H18FNO3. The van der Waals surface area contributed by atoms with Crippen LogP contribution < -0.4 is 4.90 Å². The van der Waals surface area contributed by atoms with E-state index in [2.05, 4.69) is 0 Å². The molecule has 1 aromatic rings. The van der Waals surface area contributed by atoms with E-state index in [9.17, 15) is 14.0 Å². The highest BCUT2D eigenvalue weighted by molar-refractivity contribution is 5.86. The zero-order chi connectivity index (χ0) is 14.3. The molecule has 0 atom stereocenters. The van der Waals surface area contributed by atoms with Gasteiger partial charge >= 0.3 is 5.97 Å². The first-order chi connectivity index (χ1) is 9.02. The number of nitrogens with zero attached hydrogens (tertiary/aromatic N) is 1. The van der Waals surface area contributed by atoms with Gasteiger partial charge in [0.25, 0.3) is 0 Å². The number of carbonyl (C=O) groups is 2. The van der Waals surface area contributed by atoms with Crippen molar-refractivity contribution in [3.05, 3.63) is 30.1 Å². The van der Waals surface area contributed by atoms with Gasteiger partial charge in [-0.15, -0.1) is 0 Å². The molecule has 1 aromatic carbocycles. The Labute approximate surface area is 112 Å². The molecule has 0 amide bonds. The molecule has 0 spiro atoms. The molecule has 0 bridgehead atoms. The van der Waals surface area contributed by atoms with Gasteiger partial charge in [0.2, 0.25) is 0 Å². The van der Waals surface area contributed by atoms with E-state index in [1.54, 1.807) is 31.0 Å². The van der Waals surface area contributed by atoms with E-state index in [0.29, 0.717) is 6.61 Å². The second-order valence-electron chi connectivity index (χ2n) is 4.18. The van der Waals surface area contributed by atoms with Gasteiger partial charge in [0.15, 0.2) is 5.78 Å². The number of hydrogen-bond donors (Lipinski definition) is 0. The maximum absolute atomic E-state index is 12.8.